The van der Waals surface area contributed by atoms with Gasteiger partial charge in [-0.2, -0.15) is 0 Å². The van der Waals surface area contributed by atoms with Gasteiger partial charge in [0, 0.05) is 20.6 Å². The van der Waals surface area contributed by atoms with E-state index < -0.39 is 6.04 Å². The van der Waals surface area contributed by atoms with E-state index in [0.717, 1.165) is 87.7 Å². The predicted molar refractivity (Wildman–Crippen MR) is 128 cm³/mol. The van der Waals surface area contributed by atoms with Crippen molar-refractivity contribution in [1.29, 1.82) is 0 Å². The van der Waals surface area contributed by atoms with Gasteiger partial charge in [-0.25, -0.2) is 0 Å². The van der Waals surface area contributed by atoms with E-state index in [9.17, 15) is 19.2 Å². The number of amides is 4. The van der Waals surface area contributed by atoms with Crippen LogP contribution in [0.25, 0.3) is 0 Å². The Kier molecular flexibility index (Phi) is 13.4. The van der Waals surface area contributed by atoms with Gasteiger partial charge in [-0.05, 0) is 43.4 Å². The second-order valence-corrected chi connectivity index (χ2v) is 8.02. The molecule has 1 rings (SSSR count). The van der Waals surface area contributed by atoms with Crippen molar-refractivity contribution in [3.05, 3.63) is 23.8 Å². The summed E-state index contributed by atoms with van der Waals surface area (Å²) in [6, 6.07) is 5.49. The molecule has 1 aromatic carbocycles. The summed E-state index contributed by atoms with van der Waals surface area (Å²) < 4.78 is 0. The summed E-state index contributed by atoms with van der Waals surface area (Å²) in [5.41, 5.74) is 2.65. The Hall–Kier alpha value is -2.90. The zero-order valence-corrected chi connectivity index (χ0v) is 19.6. The highest BCUT2D eigenvalue weighted by Gasteiger charge is 2.25. The molecule has 0 saturated heterocycles. The molecule has 0 aliphatic rings. The SMILES string of the molecule is CCCC(C(=O)NC=O)N(C)c1ccc(CCCCCCCCNC=O)cc1N(C)C=O. The van der Waals surface area contributed by atoms with Crippen LogP contribution in [0.2, 0.25) is 0 Å². The molecular weight excluding hydrogens is 408 g/mol. The van der Waals surface area contributed by atoms with Crippen molar-refractivity contribution in [1.82, 2.24) is 10.6 Å². The van der Waals surface area contributed by atoms with Crippen molar-refractivity contribution in [3.63, 3.8) is 0 Å². The highest BCUT2D eigenvalue weighted by Crippen LogP contribution is 2.31. The van der Waals surface area contributed by atoms with Crippen LogP contribution < -0.4 is 20.4 Å². The van der Waals surface area contributed by atoms with Gasteiger partial charge in [0.15, 0.2) is 0 Å². The van der Waals surface area contributed by atoms with Crippen LogP contribution >= 0.6 is 0 Å². The number of benzene rings is 1. The van der Waals surface area contributed by atoms with Crippen LogP contribution in [0.15, 0.2) is 18.2 Å². The summed E-state index contributed by atoms with van der Waals surface area (Å²) in [6.07, 6.45) is 10.8. The van der Waals surface area contributed by atoms with Gasteiger partial charge < -0.3 is 15.1 Å². The van der Waals surface area contributed by atoms with Crippen molar-refractivity contribution in [3.8, 4) is 0 Å². The molecule has 0 aromatic heterocycles. The number of unbranched alkanes of at least 4 members (excludes halogenated alkanes) is 5. The van der Waals surface area contributed by atoms with Gasteiger partial charge in [0.05, 0.1) is 11.4 Å². The second-order valence-electron chi connectivity index (χ2n) is 8.02. The van der Waals surface area contributed by atoms with Crippen LogP contribution in [0, 0.1) is 0 Å². The van der Waals surface area contributed by atoms with E-state index in [2.05, 4.69) is 10.6 Å². The lowest BCUT2D eigenvalue weighted by molar-refractivity contribution is -0.126. The van der Waals surface area contributed by atoms with E-state index in [-0.39, 0.29) is 5.91 Å². The van der Waals surface area contributed by atoms with Crippen molar-refractivity contribution in [2.45, 2.75) is 70.8 Å². The van der Waals surface area contributed by atoms with Crippen molar-refractivity contribution < 1.29 is 19.2 Å². The minimum atomic E-state index is -0.503. The van der Waals surface area contributed by atoms with Gasteiger partial charge in [-0.3, -0.25) is 24.5 Å². The Morgan fingerprint density at radius 2 is 1.66 bits per heavy atom. The maximum atomic E-state index is 12.4. The van der Waals surface area contributed by atoms with Crippen molar-refractivity contribution in [2.75, 3.05) is 30.4 Å². The Morgan fingerprint density at radius 1 is 0.969 bits per heavy atom. The summed E-state index contributed by atoms with van der Waals surface area (Å²) in [6.45, 7) is 2.73. The fourth-order valence-corrected chi connectivity index (χ4v) is 3.78. The molecule has 0 fully saturated rings. The van der Waals surface area contributed by atoms with Crippen LogP contribution in [0.5, 0.6) is 0 Å². The van der Waals surface area contributed by atoms with Crippen LogP contribution in [-0.4, -0.2) is 51.8 Å². The number of hydrogen-bond donors (Lipinski definition) is 2. The summed E-state index contributed by atoms with van der Waals surface area (Å²) in [7, 11) is 3.51. The molecule has 0 heterocycles. The highest BCUT2D eigenvalue weighted by molar-refractivity contribution is 5.94. The molecule has 8 heteroatoms. The zero-order chi connectivity index (χ0) is 23.8. The van der Waals surface area contributed by atoms with E-state index >= 15 is 0 Å². The number of rotatable bonds is 18. The summed E-state index contributed by atoms with van der Waals surface area (Å²) in [5.74, 6) is -0.352. The number of nitrogens with one attached hydrogen (secondary N) is 2. The van der Waals surface area contributed by atoms with Gasteiger partial charge in [-0.1, -0.05) is 45.1 Å². The summed E-state index contributed by atoms with van der Waals surface area (Å²) in [4.78, 5) is 48.2. The van der Waals surface area contributed by atoms with Crippen LogP contribution in [0.4, 0.5) is 11.4 Å². The lowest BCUT2D eigenvalue weighted by Crippen LogP contribution is -2.45. The van der Waals surface area contributed by atoms with Gasteiger partial charge >= 0.3 is 0 Å². The van der Waals surface area contributed by atoms with Crippen LogP contribution in [-0.2, 0) is 25.6 Å². The van der Waals surface area contributed by atoms with E-state index in [1.165, 1.54) is 4.90 Å². The van der Waals surface area contributed by atoms with Gasteiger partial charge in [0.1, 0.15) is 6.04 Å². The Labute approximate surface area is 191 Å². The molecule has 0 bridgehead atoms. The number of hydrogen-bond acceptors (Lipinski definition) is 5. The number of nitrogens with zero attached hydrogens (tertiary/aromatic N) is 2. The molecular formula is C24H38N4O4. The summed E-state index contributed by atoms with van der Waals surface area (Å²) in [5, 5.41) is 4.93. The third-order valence-electron chi connectivity index (χ3n) is 5.61. The third kappa shape index (κ3) is 9.08. The normalized spacial score (nSPS) is 11.3. The first-order chi connectivity index (χ1) is 15.5. The topological polar surface area (TPSA) is 98.8 Å². The minimum absolute atomic E-state index is 0.352. The molecule has 0 aliphatic carbocycles. The van der Waals surface area contributed by atoms with Crippen LogP contribution in [0.3, 0.4) is 0 Å². The molecule has 1 unspecified atom stereocenters. The number of carbonyl (C=O) groups excluding carboxylic acids is 4. The fraction of sp³-hybridized carbons (Fsp3) is 0.583. The van der Waals surface area contributed by atoms with Crippen LogP contribution in [0.1, 0.15) is 63.9 Å². The number of imide groups is 1. The molecule has 178 valence electrons. The molecule has 32 heavy (non-hydrogen) atoms. The molecule has 0 saturated carbocycles. The smallest absolute Gasteiger partial charge is 0.249 e. The molecule has 0 aliphatic heterocycles. The number of aryl methyl sites for hydroxylation is 1. The maximum absolute atomic E-state index is 12.4. The fourth-order valence-electron chi connectivity index (χ4n) is 3.78. The number of carbonyl (C=O) groups is 4. The predicted octanol–water partition coefficient (Wildman–Crippen LogP) is 2.79. The number of likely N-dealkylation sites (N-methyl/N-ethyl adjacent to an activating group) is 1. The van der Waals surface area contributed by atoms with Gasteiger partial charge in [-0.15, -0.1) is 0 Å². The quantitative estimate of drug-likeness (QED) is 0.267. The average molecular weight is 447 g/mol. The minimum Gasteiger partial charge on any atom is -0.361 e. The monoisotopic (exact) mass is 446 g/mol. The van der Waals surface area contributed by atoms with E-state index in [4.69, 9.17) is 0 Å². The van der Waals surface area contributed by atoms with E-state index in [1.54, 1.807) is 7.05 Å². The zero-order valence-electron chi connectivity index (χ0n) is 19.6. The lowest BCUT2D eigenvalue weighted by atomic mass is 10.0. The highest BCUT2D eigenvalue weighted by atomic mass is 16.2. The first-order valence-electron chi connectivity index (χ1n) is 11.4. The standard InChI is InChI=1S/C24H38N4O4/c1-4-11-22(24(32)26-18-30)28(3)21-14-13-20(16-23(21)27(2)19-31)12-9-7-5-6-8-10-15-25-17-29/h13-14,16-19,22H,4-12,15H2,1-3H3,(H,25,29)(H,26,30,32). The molecule has 8 nitrogen and oxygen atoms in total. The van der Waals surface area contributed by atoms with Crippen molar-refractivity contribution >= 4 is 36.5 Å². The molecule has 2 N–H and O–H groups in total. The van der Waals surface area contributed by atoms with Gasteiger partial charge in [0.2, 0.25) is 25.1 Å². The molecule has 1 atom stereocenters. The second kappa shape index (κ2) is 15.8. The first-order valence-corrected chi connectivity index (χ1v) is 11.4. The van der Waals surface area contributed by atoms with Crippen molar-refractivity contribution in [2.24, 2.45) is 0 Å². The average Bonchev–Trinajstić information content (AvgIpc) is 2.80. The third-order valence-corrected chi connectivity index (χ3v) is 5.61. The maximum Gasteiger partial charge on any atom is 0.249 e. The largest absolute Gasteiger partial charge is 0.361 e. The first kappa shape index (κ1) is 27.1. The Morgan fingerprint density at radius 3 is 2.28 bits per heavy atom. The Bertz CT molecular complexity index is 726. The van der Waals surface area contributed by atoms with E-state index in [0.29, 0.717) is 12.8 Å². The lowest BCUT2D eigenvalue weighted by Gasteiger charge is -2.31. The number of anilines is 2. The molecule has 4 amide bonds. The van der Waals surface area contributed by atoms with Gasteiger partial charge in [0.25, 0.3) is 0 Å². The molecule has 0 spiro atoms. The summed E-state index contributed by atoms with van der Waals surface area (Å²) >= 11 is 0. The Balaban J connectivity index is 2.78. The van der Waals surface area contributed by atoms with E-state index in [1.807, 2.05) is 37.1 Å². The molecule has 0 radical (unpaired) electrons. The molecule has 1 aromatic rings.